The number of ether oxygens (including phenoxy) is 1. The van der Waals surface area contributed by atoms with Crippen LogP contribution in [0, 0.1) is 6.92 Å². The van der Waals surface area contributed by atoms with Crippen molar-refractivity contribution in [3.63, 3.8) is 0 Å². The van der Waals surface area contributed by atoms with E-state index in [0.717, 1.165) is 0 Å². The van der Waals surface area contributed by atoms with Gasteiger partial charge in [0.05, 0.1) is 0 Å². The van der Waals surface area contributed by atoms with Gasteiger partial charge in [0, 0.05) is 6.92 Å². The van der Waals surface area contributed by atoms with Crippen molar-refractivity contribution in [1.82, 2.24) is 10.2 Å². The van der Waals surface area contributed by atoms with Gasteiger partial charge in [0.25, 0.3) is 5.91 Å². The van der Waals surface area contributed by atoms with E-state index in [0.29, 0.717) is 5.89 Å². The number of carbonyl (C=O) groups is 2. The van der Waals surface area contributed by atoms with Gasteiger partial charge in [-0.3, -0.25) is 10.1 Å². The molecule has 0 radical (unpaired) electrons. The monoisotopic (exact) mass is 229 g/mol. The summed E-state index contributed by atoms with van der Waals surface area (Å²) in [6.07, 6.45) is -1.05. The van der Waals surface area contributed by atoms with Gasteiger partial charge in [-0.2, -0.15) is 0 Å². The van der Waals surface area contributed by atoms with Gasteiger partial charge in [-0.05, 0) is 6.92 Å². The molecular weight excluding hydrogens is 218 g/mol. The van der Waals surface area contributed by atoms with E-state index in [2.05, 4.69) is 15.5 Å². The third kappa shape index (κ3) is 3.65. The van der Waals surface area contributed by atoms with E-state index in [1.165, 1.54) is 6.92 Å². The summed E-state index contributed by atoms with van der Waals surface area (Å²) in [5.74, 6) is -1.38. The van der Waals surface area contributed by atoms with Gasteiger partial charge in [0.15, 0.2) is 6.10 Å². The maximum atomic E-state index is 11.2. The fourth-order valence-corrected chi connectivity index (χ4v) is 0.774. The highest BCUT2D eigenvalue weighted by atomic mass is 16.5. The Morgan fingerprint density at radius 3 is 2.75 bits per heavy atom. The van der Waals surface area contributed by atoms with Crippen molar-refractivity contribution in [2.45, 2.75) is 20.0 Å². The molecule has 16 heavy (non-hydrogen) atoms. The molecule has 0 aliphatic heterocycles. The molecule has 1 aromatic rings. The number of carboxylic acid groups (broad SMARTS) is 1. The number of rotatable bonds is 5. The minimum Gasteiger partial charge on any atom is -0.479 e. The molecule has 0 fully saturated rings. The van der Waals surface area contributed by atoms with E-state index in [9.17, 15) is 9.59 Å². The number of amides is 1. The Morgan fingerprint density at radius 2 is 2.25 bits per heavy atom. The summed E-state index contributed by atoms with van der Waals surface area (Å²) in [4.78, 5) is 21.6. The Labute approximate surface area is 90.6 Å². The van der Waals surface area contributed by atoms with Gasteiger partial charge in [0.1, 0.15) is 6.61 Å². The van der Waals surface area contributed by atoms with E-state index in [4.69, 9.17) is 14.3 Å². The van der Waals surface area contributed by atoms with Crippen molar-refractivity contribution >= 4 is 17.9 Å². The van der Waals surface area contributed by atoms with Gasteiger partial charge in [-0.15, -0.1) is 5.10 Å². The molecule has 0 aliphatic rings. The van der Waals surface area contributed by atoms with Crippen molar-refractivity contribution in [3.8, 4) is 0 Å². The Hall–Kier alpha value is -1.96. The number of nitrogens with one attached hydrogen (secondary N) is 1. The number of aryl methyl sites for hydroxylation is 1. The molecule has 1 atom stereocenters. The third-order valence-corrected chi connectivity index (χ3v) is 1.58. The second-order valence-electron chi connectivity index (χ2n) is 2.97. The van der Waals surface area contributed by atoms with Crippen molar-refractivity contribution < 1.29 is 23.8 Å². The number of hydrogen-bond donors (Lipinski definition) is 2. The zero-order valence-corrected chi connectivity index (χ0v) is 8.76. The van der Waals surface area contributed by atoms with E-state index in [1.807, 2.05) is 0 Å². The third-order valence-electron chi connectivity index (χ3n) is 1.58. The Kier molecular flexibility index (Phi) is 3.95. The Morgan fingerprint density at radius 1 is 1.56 bits per heavy atom. The average Bonchev–Trinajstić information content (AvgIpc) is 2.60. The molecule has 1 aromatic heterocycles. The fraction of sp³-hybridized carbons (Fsp3) is 0.500. The lowest BCUT2D eigenvalue weighted by Crippen LogP contribution is -2.26. The molecule has 88 valence electrons. The molecule has 0 bridgehead atoms. The van der Waals surface area contributed by atoms with Crippen LogP contribution in [0.2, 0.25) is 0 Å². The number of aromatic nitrogens is 2. The first-order valence-electron chi connectivity index (χ1n) is 4.43. The molecule has 1 unspecified atom stereocenters. The molecule has 0 saturated carbocycles. The summed E-state index contributed by atoms with van der Waals surface area (Å²) in [6.45, 7) is 2.51. The lowest BCUT2D eigenvalue weighted by atomic mass is 10.4. The van der Waals surface area contributed by atoms with Crippen LogP contribution >= 0.6 is 0 Å². The van der Waals surface area contributed by atoms with Gasteiger partial charge in [-0.1, -0.05) is 5.10 Å². The normalized spacial score (nSPS) is 12.1. The van der Waals surface area contributed by atoms with Crippen LogP contribution in [0.4, 0.5) is 6.01 Å². The number of carboxylic acids is 1. The van der Waals surface area contributed by atoms with Crippen molar-refractivity contribution in [3.05, 3.63) is 5.89 Å². The van der Waals surface area contributed by atoms with Crippen LogP contribution < -0.4 is 5.32 Å². The largest absolute Gasteiger partial charge is 0.479 e. The molecule has 2 N–H and O–H groups in total. The lowest BCUT2D eigenvalue weighted by molar-refractivity contribution is -0.150. The van der Waals surface area contributed by atoms with Gasteiger partial charge in [-0.25, -0.2) is 4.79 Å². The van der Waals surface area contributed by atoms with E-state index < -0.39 is 24.6 Å². The maximum Gasteiger partial charge on any atom is 0.332 e. The van der Waals surface area contributed by atoms with Crippen LogP contribution in [0.25, 0.3) is 0 Å². The molecular formula is C8H11N3O5. The van der Waals surface area contributed by atoms with Crippen LogP contribution in [0.5, 0.6) is 0 Å². The van der Waals surface area contributed by atoms with Crippen LogP contribution in [0.1, 0.15) is 12.8 Å². The summed E-state index contributed by atoms with van der Waals surface area (Å²) < 4.78 is 9.63. The number of hydrogen-bond acceptors (Lipinski definition) is 6. The predicted molar refractivity (Wildman–Crippen MR) is 50.7 cm³/mol. The lowest BCUT2D eigenvalue weighted by Gasteiger charge is -2.06. The molecule has 1 amide bonds. The molecule has 1 rings (SSSR count). The fourth-order valence-electron chi connectivity index (χ4n) is 0.774. The highest BCUT2D eigenvalue weighted by Gasteiger charge is 2.14. The summed E-state index contributed by atoms with van der Waals surface area (Å²) in [5.41, 5.74) is 0. The van der Waals surface area contributed by atoms with Gasteiger partial charge >= 0.3 is 12.0 Å². The van der Waals surface area contributed by atoms with Gasteiger partial charge in [0.2, 0.25) is 5.89 Å². The standard InChI is InChI=1S/C8H11N3O5/c1-4(7(13)14)15-3-6(12)9-8-11-10-5(2)16-8/h4H,3H2,1-2H3,(H,13,14)(H,9,11,12). The topological polar surface area (TPSA) is 115 Å². The summed E-state index contributed by atoms with van der Waals surface area (Å²) >= 11 is 0. The van der Waals surface area contributed by atoms with Crippen LogP contribution in [0.15, 0.2) is 4.42 Å². The van der Waals surface area contributed by atoms with Gasteiger partial charge < -0.3 is 14.3 Å². The molecule has 0 spiro atoms. The zero-order valence-electron chi connectivity index (χ0n) is 8.76. The average molecular weight is 229 g/mol. The highest BCUT2D eigenvalue weighted by Crippen LogP contribution is 2.03. The molecule has 1 heterocycles. The first kappa shape index (κ1) is 12.1. The van der Waals surface area contributed by atoms with Crippen molar-refractivity contribution in [1.29, 1.82) is 0 Å². The zero-order chi connectivity index (χ0) is 12.1. The maximum absolute atomic E-state index is 11.2. The molecule has 0 aromatic carbocycles. The van der Waals surface area contributed by atoms with Crippen LogP contribution in [-0.2, 0) is 14.3 Å². The summed E-state index contributed by atoms with van der Waals surface area (Å²) in [7, 11) is 0. The number of carbonyl (C=O) groups excluding carboxylic acids is 1. The van der Waals surface area contributed by atoms with E-state index in [1.54, 1.807) is 6.92 Å². The first-order valence-corrected chi connectivity index (χ1v) is 4.43. The second kappa shape index (κ2) is 5.21. The minimum absolute atomic E-state index is 0.0471. The van der Waals surface area contributed by atoms with Crippen molar-refractivity contribution in [2.24, 2.45) is 0 Å². The minimum atomic E-state index is -1.14. The second-order valence-corrected chi connectivity index (χ2v) is 2.97. The molecule has 8 nitrogen and oxygen atoms in total. The summed E-state index contributed by atoms with van der Waals surface area (Å²) in [5, 5.41) is 17.8. The Balaban J connectivity index is 2.34. The molecule has 0 saturated heterocycles. The predicted octanol–water partition coefficient (Wildman–Crippen LogP) is -0.194. The number of nitrogens with zero attached hydrogens (tertiary/aromatic N) is 2. The van der Waals surface area contributed by atoms with Crippen molar-refractivity contribution in [2.75, 3.05) is 11.9 Å². The van der Waals surface area contributed by atoms with E-state index in [-0.39, 0.29) is 6.01 Å². The van der Waals surface area contributed by atoms with Crippen LogP contribution in [0.3, 0.4) is 0 Å². The first-order chi connectivity index (χ1) is 7.49. The quantitative estimate of drug-likeness (QED) is 0.718. The number of anilines is 1. The molecule has 0 aliphatic carbocycles. The summed E-state index contributed by atoms with van der Waals surface area (Å²) in [6, 6.07) is -0.0471. The van der Waals surface area contributed by atoms with Crippen LogP contribution in [-0.4, -0.2) is 39.9 Å². The van der Waals surface area contributed by atoms with E-state index >= 15 is 0 Å². The SMILES string of the molecule is Cc1nnc(NC(=O)COC(C)C(=O)O)o1. The molecule has 8 heteroatoms. The Bertz CT molecular complexity index is 389. The highest BCUT2D eigenvalue weighted by molar-refractivity contribution is 5.89. The smallest absolute Gasteiger partial charge is 0.332 e. The number of aliphatic carboxylic acids is 1.